The maximum absolute atomic E-state index is 13.0. The molecule has 0 aliphatic rings. The van der Waals surface area contributed by atoms with Gasteiger partial charge in [-0.25, -0.2) is 4.98 Å². The lowest BCUT2D eigenvalue weighted by atomic mass is 10.1. The normalized spacial score (nSPS) is 10.9. The van der Waals surface area contributed by atoms with E-state index < -0.39 is 9.85 Å². The fraction of sp³-hybridized carbons (Fsp3) is 0.222. The summed E-state index contributed by atoms with van der Waals surface area (Å²) in [6.45, 7) is 2.14. The molecular weight excluding hydrogens is 352 g/mol. The van der Waals surface area contributed by atoms with Crippen LogP contribution >= 0.6 is 0 Å². The van der Waals surface area contributed by atoms with Crippen molar-refractivity contribution >= 4 is 22.3 Å². The van der Waals surface area contributed by atoms with Gasteiger partial charge in [0.1, 0.15) is 5.82 Å². The van der Waals surface area contributed by atoms with Crippen LogP contribution in [0.15, 0.2) is 47.3 Å². The van der Waals surface area contributed by atoms with Gasteiger partial charge in [0.05, 0.1) is 27.3 Å². The highest BCUT2D eigenvalue weighted by Gasteiger charge is 2.15. The molecule has 9 nitrogen and oxygen atoms in total. The SMILES string of the molecule is CCCc1nc2ccc([N+](=O)[O-])cc2c(=O)n1Cc1ccc([N+](=O)[O-])cc1. The van der Waals surface area contributed by atoms with Crippen molar-refractivity contribution < 1.29 is 9.85 Å². The minimum Gasteiger partial charge on any atom is -0.292 e. The van der Waals surface area contributed by atoms with Gasteiger partial charge in [-0.3, -0.25) is 29.6 Å². The summed E-state index contributed by atoms with van der Waals surface area (Å²) in [7, 11) is 0. The van der Waals surface area contributed by atoms with E-state index in [0.29, 0.717) is 23.3 Å². The van der Waals surface area contributed by atoms with Crippen LogP contribution in [0, 0.1) is 20.2 Å². The van der Waals surface area contributed by atoms with Crippen LogP contribution in [0.4, 0.5) is 11.4 Å². The van der Waals surface area contributed by atoms with Gasteiger partial charge in [-0.1, -0.05) is 19.1 Å². The Morgan fingerprint density at radius 1 is 1.00 bits per heavy atom. The highest BCUT2D eigenvalue weighted by molar-refractivity contribution is 5.80. The summed E-state index contributed by atoms with van der Waals surface area (Å²) in [6, 6.07) is 9.94. The lowest BCUT2D eigenvalue weighted by Gasteiger charge is -2.13. The summed E-state index contributed by atoms with van der Waals surface area (Å²) in [5.74, 6) is 0.571. The van der Waals surface area contributed by atoms with Crippen molar-refractivity contribution in [1.29, 1.82) is 0 Å². The highest BCUT2D eigenvalue weighted by atomic mass is 16.6. The summed E-state index contributed by atoms with van der Waals surface area (Å²) in [6.07, 6.45) is 1.33. The number of nitrogens with zero attached hydrogens (tertiary/aromatic N) is 4. The standard InChI is InChI=1S/C18H16N4O5/c1-2-3-17-19-16-9-8-14(22(26)27)10-15(16)18(23)20(17)11-12-4-6-13(7-5-12)21(24)25/h4-10H,2-3,11H2,1H3. The second kappa shape index (κ2) is 7.32. The molecule has 2 aromatic carbocycles. The zero-order valence-corrected chi connectivity index (χ0v) is 14.5. The highest BCUT2D eigenvalue weighted by Crippen LogP contribution is 2.19. The maximum atomic E-state index is 13.0. The number of nitro benzene ring substituents is 2. The van der Waals surface area contributed by atoms with E-state index in [4.69, 9.17) is 0 Å². The van der Waals surface area contributed by atoms with Crippen molar-refractivity contribution in [2.75, 3.05) is 0 Å². The van der Waals surface area contributed by atoms with Gasteiger partial charge in [0.15, 0.2) is 0 Å². The Balaban J connectivity index is 2.12. The molecule has 0 atom stereocenters. The van der Waals surface area contributed by atoms with Crippen LogP contribution in [0.25, 0.3) is 10.9 Å². The van der Waals surface area contributed by atoms with Gasteiger partial charge in [-0.2, -0.15) is 0 Å². The van der Waals surface area contributed by atoms with E-state index in [-0.39, 0.29) is 28.9 Å². The molecule has 9 heteroatoms. The molecule has 3 rings (SSSR count). The van der Waals surface area contributed by atoms with E-state index in [1.54, 1.807) is 12.1 Å². The minimum atomic E-state index is -0.556. The molecule has 0 radical (unpaired) electrons. The molecule has 0 bridgehead atoms. The van der Waals surface area contributed by atoms with Gasteiger partial charge in [0.2, 0.25) is 0 Å². The van der Waals surface area contributed by atoms with Crippen LogP contribution in [-0.2, 0) is 13.0 Å². The predicted octanol–water partition coefficient (Wildman–Crippen LogP) is 3.21. The van der Waals surface area contributed by atoms with Gasteiger partial charge in [-0.15, -0.1) is 0 Å². The number of aryl methyl sites for hydroxylation is 1. The summed E-state index contributed by atoms with van der Waals surface area (Å²) >= 11 is 0. The van der Waals surface area contributed by atoms with Gasteiger partial charge in [0.25, 0.3) is 16.9 Å². The van der Waals surface area contributed by atoms with Crippen LogP contribution in [0.2, 0.25) is 0 Å². The first-order valence-electron chi connectivity index (χ1n) is 8.32. The van der Waals surface area contributed by atoms with Crippen molar-refractivity contribution in [3.8, 4) is 0 Å². The van der Waals surface area contributed by atoms with Crippen LogP contribution in [0.3, 0.4) is 0 Å². The molecule has 1 aromatic heterocycles. The lowest BCUT2D eigenvalue weighted by molar-refractivity contribution is -0.385. The van der Waals surface area contributed by atoms with Gasteiger partial charge < -0.3 is 0 Å². The maximum Gasteiger partial charge on any atom is 0.270 e. The average Bonchev–Trinajstić information content (AvgIpc) is 2.65. The molecule has 27 heavy (non-hydrogen) atoms. The molecule has 3 aromatic rings. The Morgan fingerprint density at radius 2 is 1.63 bits per heavy atom. The molecule has 138 valence electrons. The Labute approximate surface area is 153 Å². The number of rotatable bonds is 6. The molecule has 0 saturated heterocycles. The molecule has 1 heterocycles. The molecule has 0 aliphatic carbocycles. The van der Waals surface area contributed by atoms with Crippen molar-refractivity contribution in [2.45, 2.75) is 26.3 Å². The van der Waals surface area contributed by atoms with Crippen molar-refractivity contribution in [1.82, 2.24) is 9.55 Å². The zero-order valence-electron chi connectivity index (χ0n) is 14.5. The fourth-order valence-corrected chi connectivity index (χ4v) is 2.85. The molecular formula is C18H16N4O5. The minimum absolute atomic E-state index is 0.0351. The quantitative estimate of drug-likeness (QED) is 0.486. The number of aromatic nitrogens is 2. The third kappa shape index (κ3) is 3.66. The first kappa shape index (κ1) is 18.2. The van der Waals surface area contributed by atoms with Crippen LogP contribution < -0.4 is 5.56 Å². The summed E-state index contributed by atoms with van der Waals surface area (Å²) < 4.78 is 1.47. The number of hydrogen-bond acceptors (Lipinski definition) is 6. The van der Waals surface area contributed by atoms with E-state index in [1.807, 2.05) is 6.92 Å². The Hall–Kier alpha value is -3.62. The molecule has 0 N–H and O–H groups in total. The van der Waals surface area contributed by atoms with Crippen LogP contribution in [0.5, 0.6) is 0 Å². The van der Waals surface area contributed by atoms with Crippen molar-refractivity contribution in [2.24, 2.45) is 0 Å². The fourth-order valence-electron chi connectivity index (χ4n) is 2.85. The monoisotopic (exact) mass is 368 g/mol. The van der Waals surface area contributed by atoms with E-state index in [0.717, 1.165) is 6.42 Å². The Bertz CT molecular complexity index is 1090. The van der Waals surface area contributed by atoms with Crippen LogP contribution in [-0.4, -0.2) is 19.4 Å². The summed E-state index contributed by atoms with van der Waals surface area (Å²) in [4.78, 5) is 38.2. The topological polar surface area (TPSA) is 121 Å². The number of benzene rings is 2. The largest absolute Gasteiger partial charge is 0.292 e. The predicted molar refractivity (Wildman–Crippen MR) is 98.9 cm³/mol. The number of hydrogen-bond donors (Lipinski definition) is 0. The van der Waals surface area contributed by atoms with Gasteiger partial charge in [0, 0.05) is 30.7 Å². The number of nitro groups is 2. The first-order valence-corrected chi connectivity index (χ1v) is 8.32. The van der Waals surface area contributed by atoms with Gasteiger partial charge in [-0.05, 0) is 18.1 Å². The average molecular weight is 368 g/mol. The Morgan fingerprint density at radius 3 is 2.22 bits per heavy atom. The smallest absolute Gasteiger partial charge is 0.270 e. The van der Waals surface area contributed by atoms with Crippen LogP contribution in [0.1, 0.15) is 24.7 Å². The van der Waals surface area contributed by atoms with E-state index in [1.165, 1.54) is 34.9 Å². The molecule has 0 amide bonds. The first-order chi connectivity index (χ1) is 12.9. The zero-order chi connectivity index (χ0) is 19.6. The number of non-ortho nitro benzene ring substituents is 2. The second-order valence-corrected chi connectivity index (χ2v) is 6.05. The van der Waals surface area contributed by atoms with Crippen molar-refractivity contribution in [3.05, 3.63) is 84.4 Å². The lowest BCUT2D eigenvalue weighted by Crippen LogP contribution is -2.26. The molecule has 0 unspecified atom stereocenters. The summed E-state index contributed by atoms with van der Waals surface area (Å²) in [5, 5.41) is 22.0. The third-order valence-electron chi connectivity index (χ3n) is 4.19. The third-order valence-corrected chi connectivity index (χ3v) is 4.19. The molecule has 0 saturated carbocycles. The van der Waals surface area contributed by atoms with Crippen molar-refractivity contribution in [3.63, 3.8) is 0 Å². The second-order valence-electron chi connectivity index (χ2n) is 6.05. The Kier molecular flexibility index (Phi) is 4.93. The summed E-state index contributed by atoms with van der Waals surface area (Å²) in [5.41, 5.74) is 0.532. The molecule has 0 spiro atoms. The van der Waals surface area contributed by atoms with E-state index in [9.17, 15) is 25.0 Å². The number of fused-ring (bicyclic) bond motifs is 1. The van der Waals surface area contributed by atoms with E-state index >= 15 is 0 Å². The van der Waals surface area contributed by atoms with E-state index in [2.05, 4.69) is 4.98 Å². The molecule has 0 aliphatic heterocycles. The van der Waals surface area contributed by atoms with Gasteiger partial charge >= 0.3 is 0 Å². The molecule has 0 fully saturated rings.